The Hall–Kier alpha value is -1.83. The largest absolute Gasteiger partial charge is 0.365 e. The van der Waals surface area contributed by atoms with Crippen LogP contribution in [0.3, 0.4) is 0 Å². The summed E-state index contributed by atoms with van der Waals surface area (Å²) in [6.45, 7) is 3.00. The average Bonchev–Trinajstić information content (AvgIpc) is 3.04. The highest BCUT2D eigenvalue weighted by molar-refractivity contribution is 9.10. The number of carbonyl (C=O) groups is 1. The van der Waals surface area contributed by atoms with E-state index in [2.05, 4.69) is 31.0 Å². The molecule has 1 fully saturated rings. The van der Waals surface area contributed by atoms with Gasteiger partial charge in [-0.15, -0.1) is 0 Å². The van der Waals surface area contributed by atoms with Crippen LogP contribution in [0.5, 0.6) is 0 Å². The first-order valence-corrected chi connectivity index (χ1v) is 7.56. The molecule has 2 aromatic rings. The lowest BCUT2D eigenvalue weighted by molar-refractivity contribution is 0.0739. The molecule has 112 valence electrons. The van der Waals surface area contributed by atoms with Gasteiger partial charge in [0.25, 0.3) is 5.91 Å². The molecule has 8 heteroatoms. The van der Waals surface area contributed by atoms with Crippen LogP contribution in [-0.2, 0) is 14.1 Å². The normalized spacial score (nSPS) is 15.6. The van der Waals surface area contributed by atoms with Crippen molar-refractivity contribution in [2.45, 2.75) is 0 Å². The van der Waals surface area contributed by atoms with E-state index < -0.39 is 0 Å². The summed E-state index contributed by atoms with van der Waals surface area (Å²) >= 11 is 3.38. The molecule has 0 radical (unpaired) electrons. The van der Waals surface area contributed by atoms with Crippen molar-refractivity contribution in [3.05, 3.63) is 28.8 Å². The first kappa shape index (κ1) is 14.1. The van der Waals surface area contributed by atoms with Gasteiger partial charge in [0.1, 0.15) is 0 Å². The molecule has 0 bridgehead atoms. The van der Waals surface area contributed by atoms with Gasteiger partial charge in [-0.1, -0.05) is 0 Å². The maximum Gasteiger partial charge on any atom is 0.275 e. The maximum atomic E-state index is 12.5. The van der Waals surface area contributed by atoms with Crippen molar-refractivity contribution in [2.24, 2.45) is 14.1 Å². The molecule has 0 N–H and O–H groups in total. The van der Waals surface area contributed by atoms with E-state index in [1.807, 2.05) is 31.4 Å². The van der Waals surface area contributed by atoms with Gasteiger partial charge >= 0.3 is 0 Å². The summed E-state index contributed by atoms with van der Waals surface area (Å²) in [4.78, 5) is 16.6. The average molecular weight is 353 g/mol. The summed E-state index contributed by atoms with van der Waals surface area (Å²) in [7, 11) is 3.71. The van der Waals surface area contributed by atoms with Crippen LogP contribution in [-0.4, -0.2) is 56.5 Å². The number of carbonyl (C=O) groups excluding carboxylic acids is 1. The summed E-state index contributed by atoms with van der Waals surface area (Å²) in [6, 6.07) is 0. The van der Waals surface area contributed by atoms with E-state index in [1.165, 1.54) is 0 Å². The van der Waals surface area contributed by atoms with Gasteiger partial charge in [-0.05, 0) is 15.9 Å². The molecular formula is C13H17BrN6O. The van der Waals surface area contributed by atoms with Crippen LogP contribution in [0, 0.1) is 0 Å². The number of anilines is 1. The van der Waals surface area contributed by atoms with Crippen LogP contribution >= 0.6 is 15.9 Å². The Bertz CT molecular complexity index is 655. The van der Waals surface area contributed by atoms with Gasteiger partial charge in [-0.25, -0.2) is 0 Å². The molecule has 0 spiro atoms. The highest BCUT2D eigenvalue weighted by atomic mass is 79.9. The standard InChI is InChI=1S/C13H17BrN6O/c1-17-8-10(7-15-17)19-3-5-20(6-4-19)13(21)12-11(14)9-18(2)16-12/h7-9H,3-6H2,1-2H3. The summed E-state index contributed by atoms with van der Waals surface area (Å²) in [5.41, 5.74) is 1.58. The Morgan fingerprint density at radius 3 is 2.38 bits per heavy atom. The Morgan fingerprint density at radius 1 is 1.14 bits per heavy atom. The monoisotopic (exact) mass is 352 g/mol. The maximum absolute atomic E-state index is 12.5. The predicted molar refractivity (Wildman–Crippen MR) is 82.2 cm³/mol. The number of aryl methyl sites for hydroxylation is 2. The molecule has 3 heterocycles. The predicted octanol–water partition coefficient (Wildman–Crippen LogP) is 0.878. The van der Waals surface area contributed by atoms with Crippen molar-refractivity contribution >= 4 is 27.5 Å². The number of amides is 1. The lowest BCUT2D eigenvalue weighted by atomic mass is 10.2. The van der Waals surface area contributed by atoms with Crippen LogP contribution in [0.2, 0.25) is 0 Å². The minimum atomic E-state index is -0.0201. The zero-order valence-electron chi connectivity index (χ0n) is 12.0. The smallest absolute Gasteiger partial charge is 0.275 e. The topological polar surface area (TPSA) is 59.2 Å². The van der Waals surface area contributed by atoms with E-state index >= 15 is 0 Å². The first-order valence-electron chi connectivity index (χ1n) is 6.76. The molecule has 0 unspecified atom stereocenters. The van der Waals surface area contributed by atoms with E-state index in [0.29, 0.717) is 18.8 Å². The van der Waals surface area contributed by atoms with Gasteiger partial charge in [-0.3, -0.25) is 14.2 Å². The van der Waals surface area contributed by atoms with Gasteiger partial charge in [-0.2, -0.15) is 10.2 Å². The lowest BCUT2D eigenvalue weighted by Crippen LogP contribution is -2.48. The van der Waals surface area contributed by atoms with Crippen molar-refractivity contribution in [3.8, 4) is 0 Å². The number of rotatable bonds is 2. The molecule has 21 heavy (non-hydrogen) atoms. The molecule has 2 aromatic heterocycles. The molecule has 0 aromatic carbocycles. The summed E-state index contributed by atoms with van der Waals surface area (Å²) < 4.78 is 4.17. The fraction of sp³-hybridized carbons (Fsp3) is 0.462. The number of hydrogen-bond donors (Lipinski definition) is 0. The fourth-order valence-corrected chi connectivity index (χ4v) is 3.04. The Kier molecular flexibility index (Phi) is 3.71. The zero-order chi connectivity index (χ0) is 15.0. The van der Waals surface area contributed by atoms with Crippen molar-refractivity contribution in [2.75, 3.05) is 31.1 Å². The van der Waals surface area contributed by atoms with Crippen LogP contribution in [0.25, 0.3) is 0 Å². The summed E-state index contributed by atoms with van der Waals surface area (Å²) in [6.07, 6.45) is 5.64. The Morgan fingerprint density at radius 2 is 1.86 bits per heavy atom. The van der Waals surface area contributed by atoms with Crippen molar-refractivity contribution < 1.29 is 4.79 Å². The molecule has 7 nitrogen and oxygen atoms in total. The molecule has 1 aliphatic heterocycles. The van der Waals surface area contributed by atoms with Crippen molar-refractivity contribution in [1.82, 2.24) is 24.5 Å². The third-order valence-electron chi connectivity index (χ3n) is 3.61. The number of hydrogen-bond acceptors (Lipinski definition) is 4. The molecule has 0 saturated carbocycles. The van der Waals surface area contributed by atoms with Gasteiger partial charge in [0, 0.05) is 52.7 Å². The summed E-state index contributed by atoms with van der Waals surface area (Å²) in [5.74, 6) is -0.0201. The number of aromatic nitrogens is 4. The minimum absolute atomic E-state index is 0.0201. The highest BCUT2D eigenvalue weighted by Gasteiger charge is 2.25. The SMILES string of the molecule is Cn1cc(N2CCN(C(=O)c3nn(C)cc3Br)CC2)cn1. The summed E-state index contributed by atoms with van der Waals surface area (Å²) in [5, 5.41) is 8.40. The number of halogens is 1. The minimum Gasteiger partial charge on any atom is -0.365 e. The van der Waals surface area contributed by atoms with Crippen LogP contribution in [0.1, 0.15) is 10.5 Å². The van der Waals surface area contributed by atoms with Crippen LogP contribution < -0.4 is 4.90 Å². The van der Waals surface area contributed by atoms with Gasteiger partial charge in [0.05, 0.1) is 16.4 Å². The van der Waals surface area contributed by atoms with E-state index in [9.17, 15) is 4.79 Å². The Balaban J connectivity index is 1.65. The molecule has 1 aliphatic rings. The quantitative estimate of drug-likeness (QED) is 0.804. The second-order valence-corrected chi connectivity index (χ2v) is 6.01. The number of nitrogens with zero attached hydrogens (tertiary/aromatic N) is 6. The second kappa shape index (κ2) is 5.51. The third-order valence-corrected chi connectivity index (χ3v) is 4.19. The lowest BCUT2D eigenvalue weighted by Gasteiger charge is -2.35. The highest BCUT2D eigenvalue weighted by Crippen LogP contribution is 2.19. The fourth-order valence-electron chi connectivity index (χ4n) is 2.49. The van der Waals surface area contributed by atoms with Crippen LogP contribution in [0.4, 0.5) is 5.69 Å². The van der Waals surface area contributed by atoms with E-state index in [1.54, 1.807) is 15.6 Å². The van der Waals surface area contributed by atoms with Crippen molar-refractivity contribution in [3.63, 3.8) is 0 Å². The molecule has 3 rings (SSSR count). The Labute approximate surface area is 131 Å². The van der Waals surface area contributed by atoms with Gasteiger partial charge < -0.3 is 9.80 Å². The first-order chi connectivity index (χ1) is 10.0. The van der Waals surface area contributed by atoms with Gasteiger partial charge in [0.2, 0.25) is 0 Å². The van der Waals surface area contributed by atoms with Crippen molar-refractivity contribution in [1.29, 1.82) is 0 Å². The van der Waals surface area contributed by atoms with Crippen LogP contribution in [0.15, 0.2) is 23.1 Å². The van der Waals surface area contributed by atoms with E-state index in [4.69, 9.17) is 0 Å². The second-order valence-electron chi connectivity index (χ2n) is 5.15. The number of piperazine rings is 1. The third kappa shape index (κ3) is 2.80. The van der Waals surface area contributed by atoms with E-state index in [-0.39, 0.29) is 5.91 Å². The molecule has 1 saturated heterocycles. The zero-order valence-corrected chi connectivity index (χ0v) is 13.6. The van der Waals surface area contributed by atoms with E-state index in [0.717, 1.165) is 23.2 Å². The molecule has 0 aliphatic carbocycles. The van der Waals surface area contributed by atoms with Gasteiger partial charge in [0.15, 0.2) is 5.69 Å². The molecule has 0 atom stereocenters. The molecule has 1 amide bonds. The molecular weight excluding hydrogens is 336 g/mol.